The van der Waals surface area contributed by atoms with Crippen LogP contribution in [0.5, 0.6) is 0 Å². The van der Waals surface area contributed by atoms with E-state index < -0.39 is 0 Å². The zero-order valence-electron chi connectivity index (χ0n) is 11.2. The lowest BCUT2D eigenvalue weighted by molar-refractivity contribution is 0.547. The Morgan fingerprint density at radius 3 is 2.53 bits per heavy atom. The number of nitrogen functional groups attached to an aromatic ring is 1. The van der Waals surface area contributed by atoms with E-state index in [2.05, 4.69) is 21.0 Å². The summed E-state index contributed by atoms with van der Waals surface area (Å²) in [6.45, 7) is 6.07. The van der Waals surface area contributed by atoms with Gasteiger partial charge in [0.25, 0.3) is 0 Å². The molecule has 5 heteroatoms. The zero-order valence-corrected chi connectivity index (χ0v) is 11.2. The molecule has 0 amide bonds. The molecular formula is C14H15N5. The number of nitrogens with zero attached hydrogens (tertiary/aromatic N) is 4. The Hall–Kier alpha value is -2.48. The van der Waals surface area contributed by atoms with Crippen molar-refractivity contribution in [2.75, 3.05) is 5.73 Å². The molecule has 2 rings (SSSR count). The number of aromatic nitrogens is 3. The first-order chi connectivity index (χ1) is 8.90. The minimum atomic E-state index is -0.190. The minimum Gasteiger partial charge on any atom is -0.384 e. The van der Waals surface area contributed by atoms with Gasteiger partial charge in [-0.3, -0.25) is 4.98 Å². The molecule has 0 bridgehead atoms. The molecule has 0 fully saturated rings. The summed E-state index contributed by atoms with van der Waals surface area (Å²) in [5, 5.41) is 8.90. The fourth-order valence-electron chi connectivity index (χ4n) is 1.59. The number of hydrogen-bond donors (Lipinski definition) is 1. The Labute approximate surface area is 112 Å². The Kier molecular flexibility index (Phi) is 3.17. The molecule has 0 atom stereocenters. The van der Waals surface area contributed by atoms with Gasteiger partial charge in [0.15, 0.2) is 0 Å². The van der Waals surface area contributed by atoms with Crippen molar-refractivity contribution in [2.24, 2.45) is 0 Å². The summed E-state index contributed by atoms with van der Waals surface area (Å²) in [6.07, 6.45) is 3.17. The third-order valence-electron chi connectivity index (χ3n) is 2.58. The molecule has 0 saturated heterocycles. The molecule has 19 heavy (non-hydrogen) atoms. The summed E-state index contributed by atoms with van der Waals surface area (Å²) in [5.74, 6) is 1.09. The largest absolute Gasteiger partial charge is 0.384 e. The van der Waals surface area contributed by atoms with Gasteiger partial charge in [-0.1, -0.05) is 20.8 Å². The molecule has 0 spiro atoms. The van der Waals surface area contributed by atoms with Crippen LogP contribution in [0.15, 0.2) is 24.5 Å². The van der Waals surface area contributed by atoms with Crippen molar-refractivity contribution in [3.8, 4) is 17.3 Å². The van der Waals surface area contributed by atoms with E-state index >= 15 is 0 Å². The van der Waals surface area contributed by atoms with Gasteiger partial charge in [0.2, 0.25) is 0 Å². The predicted octanol–water partition coefficient (Wildman–Crippen LogP) is 2.29. The maximum Gasteiger partial charge on any atom is 0.136 e. The van der Waals surface area contributed by atoms with E-state index in [-0.39, 0.29) is 5.41 Å². The molecule has 2 aromatic rings. The molecule has 5 nitrogen and oxygen atoms in total. The van der Waals surface area contributed by atoms with Crippen LogP contribution in [0.4, 0.5) is 5.82 Å². The minimum absolute atomic E-state index is 0.190. The monoisotopic (exact) mass is 253 g/mol. The summed E-state index contributed by atoms with van der Waals surface area (Å²) in [4.78, 5) is 12.8. The third kappa shape index (κ3) is 2.86. The second-order valence-corrected chi connectivity index (χ2v) is 5.33. The molecule has 0 aromatic carbocycles. The molecule has 0 aliphatic carbocycles. The average molecular weight is 253 g/mol. The van der Waals surface area contributed by atoms with Crippen LogP contribution in [-0.2, 0) is 5.41 Å². The molecule has 96 valence electrons. The van der Waals surface area contributed by atoms with E-state index in [0.29, 0.717) is 22.9 Å². The summed E-state index contributed by atoms with van der Waals surface area (Å²) >= 11 is 0. The highest BCUT2D eigenvalue weighted by molar-refractivity contribution is 5.62. The van der Waals surface area contributed by atoms with E-state index in [1.165, 1.54) is 6.20 Å². The second kappa shape index (κ2) is 4.65. The molecular weight excluding hydrogens is 238 g/mol. The molecule has 0 saturated carbocycles. The van der Waals surface area contributed by atoms with Gasteiger partial charge in [0, 0.05) is 29.4 Å². The first-order valence-corrected chi connectivity index (χ1v) is 5.91. The Bertz CT molecular complexity index is 650. The van der Waals surface area contributed by atoms with E-state index in [1.54, 1.807) is 18.3 Å². The lowest BCUT2D eigenvalue weighted by atomic mass is 9.95. The number of hydrogen-bond acceptors (Lipinski definition) is 5. The molecule has 0 aliphatic rings. The topological polar surface area (TPSA) is 88.5 Å². The van der Waals surface area contributed by atoms with Gasteiger partial charge in [0.1, 0.15) is 17.7 Å². The molecule has 2 N–H and O–H groups in total. The van der Waals surface area contributed by atoms with Gasteiger partial charge >= 0.3 is 0 Å². The van der Waals surface area contributed by atoms with Gasteiger partial charge in [0.05, 0.1) is 11.3 Å². The van der Waals surface area contributed by atoms with Gasteiger partial charge < -0.3 is 5.73 Å². The summed E-state index contributed by atoms with van der Waals surface area (Å²) in [5.41, 5.74) is 7.58. The number of pyridine rings is 1. The highest BCUT2D eigenvalue weighted by Crippen LogP contribution is 2.24. The van der Waals surface area contributed by atoms with Crippen LogP contribution in [-0.4, -0.2) is 15.0 Å². The number of nitriles is 1. The SMILES string of the molecule is CC(C)(C)c1nc(N)cc(-c2cncc(C#N)c2)n1. The lowest BCUT2D eigenvalue weighted by Gasteiger charge is -2.17. The first kappa shape index (κ1) is 13.0. The Morgan fingerprint density at radius 2 is 1.89 bits per heavy atom. The van der Waals surface area contributed by atoms with Crippen LogP contribution in [0.25, 0.3) is 11.3 Å². The van der Waals surface area contributed by atoms with Crippen LogP contribution in [0.1, 0.15) is 32.2 Å². The zero-order chi connectivity index (χ0) is 14.0. The van der Waals surface area contributed by atoms with Crippen LogP contribution < -0.4 is 5.73 Å². The average Bonchev–Trinajstić information content (AvgIpc) is 2.37. The van der Waals surface area contributed by atoms with Crippen molar-refractivity contribution in [3.63, 3.8) is 0 Å². The number of nitrogens with two attached hydrogens (primary N) is 1. The lowest BCUT2D eigenvalue weighted by Crippen LogP contribution is -2.17. The van der Waals surface area contributed by atoms with Crippen LogP contribution in [0.2, 0.25) is 0 Å². The van der Waals surface area contributed by atoms with Gasteiger partial charge in [-0.15, -0.1) is 0 Å². The quantitative estimate of drug-likeness (QED) is 0.842. The van der Waals surface area contributed by atoms with Crippen molar-refractivity contribution in [2.45, 2.75) is 26.2 Å². The maximum atomic E-state index is 8.90. The van der Waals surface area contributed by atoms with Crippen molar-refractivity contribution in [1.82, 2.24) is 15.0 Å². The highest BCUT2D eigenvalue weighted by atomic mass is 15.0. The van der Waals surface area contributed by atoms with E-state index in [0.717, 1.165) is 5.56 Å². The molecule has 2 heterocycles. The van der Waals surface area contributed by atoms with Gasteiger partial charge in [-0.05, 0) is 6.07 Å². The standard InChI is InChI=1S/C14H15N5/c1-14(2,3)13-18-11(5-12(16)19-13)10-4-9(6-15)7-17-8-10/h4-5,7-8H,1-3H3,(H2,16,18,19). The first-order valence-electron chi connectivity index (χ1n) is 5.91. The third-order valence-corrected chi connectivity index (χ3v) is 2.58. The van der Waals surface area contributed by atoms with Crippen molar-refractivity contribution < 1.29 is 0 Å². The predicted molar refractivity (Wildman–Crippen MR) is 73.1 cm³/mol. The molecule has 0 aliphatic heterocycles. The summed E-state index contributed by atoms with van der Waals surface area (Å²) in [7, 11) is 0. The molecule has 0 radical (unpaired) electrons. The van der Waals surface area contributed by atoms with Crippen molar-refractivity contribution in [3.05, 3.63) is 35.9 Å². The fraction of sp³-hybridized carbons (Fsp3) is 0.286. The van der Waals surface area contributed by atoms with E-state index in [1.807, 2.05) is 20.8 Å². The van der Waals surface area contributed by atoms with Gasteiger partial charge in [-0.25, -0.2) is 9.97 Å². The molecule has 2 aromatic heterocycles. The van der Waals surface area contributed by atoms with Crippen molar-refractivity contribution in [1.29, 1.82) is 5.26 Å². The van der Waals surface area contributed by atoms with Crippen molar-refractivity contribution >= 4 is 5.82 Å². The number of rotatable bonds is 1. The van der Waals surface area contributed by atoms with E-state index in [4.69, 9.17) is 11.0 Å². The second-order valence-electron chi connectivity index (χ2n) is 5.33. The highest BCUT2D eigenvalue weighted by Gasteiger charge is 2.19. The van der Waals surface area contributed by atoms with Crippen LogP contribution >= 0.6 is 0 Å². The van der Waals surface area contributed by atoms with Crippen LogP contribution in [0.3, 0.4) is 0 Å². The maximum absolute atomic E-state index is 8.90. The molecule has 0 unspecified atom stereocenters. The summed E-state index contributed by atoms with van der Waals surface area (Å²) in [6, 6.07) is 5.48. The Morgan fingerprint density at radius 1 is 1.16 bits per heavy atom. The fourth-order valence-corrected chi connectivity index (χ4v) is 1.59. The number of anilines is 1. The van der Waals surface area contributed by atoms with Crippen LogP contribution in [0, 0.1) is 11.3 Å². The van der Waals surface area contributed by atoms with Gasteiger partial charge in [-0.2, -0.15) is 5.26 Å². The smallest absolute Gasteiger partial charge is 0.136 e. The normalized spacial score (nSPS) is 11.1. The Balaban J connectivity index is 2.57. The van der Waals surface area contributed by atoms with E-state index in [9.17, 15) is 0 Å². The summed E-state index contributed by atoms with van der Waals surface area (Å²) < 4.78 is 0.